The Balaban J connectivity index is 3.08. The molecule has 0 aromatic heterocycles. The van der Waals surface area contributed by atoms with Crippen LogP contribution in [0.3, 0.4) is 0 Å². The van der Waals surface area contributed by atoms with Crippen molar-refractivity contribution in [3.8, 4) is 0 Å². The van der Waals surface area contributed by atoms with Gasteiger partial charge in [0.15, 0.2) is 0 Å². The molecule has 0 heterocycles. The number of hydrogen-bond donors (Lipinski definition) is 1. The number of carboxylic acid groups (broad SMARTS) is 1. The van der Waals surface area contributed by atoms with E-state index in [1.807, 2.05) is 6.08 Å². The second-order valence-electron chi connectivity index (χ2n) is 9.70. The summed E-state index contributed by atoms with van der Waals surface area (Å²) in [5.74, 6) is -0.818. The highest BCUT2D eigenvalue weighted by molar-refractivity contribution is 5.85. The van der Waals surface area contributed by atoms with Crippen molar-refractivity contribution < 1.29 is 52.5 Å². The molecule has 0 saturated carbocycles. The standard InChI is InChI=1S/C31H60O11/c1-30(31(32)33)12-10-8-6-4-3-5-7-9-11-13-35-16-17-37-20-21-39-24-25-41-28-29-42-27-26-40-23-22-38-19-18-36-15-14-34-2/h12H,3-11,13-29H2,1-2H3,(H,32,33)/b30-12+. The van der Waals surface area contributed by atoms with E-state index in [2.05, 4.69) is 0 Å². The normalized spacial score (nSPS) is 11.9. The first-order valence-corrected chi connectivity index (χ1v) is 15.7. The molecular formula is C31H60O11. The zero-order valence-electron chi connectivity index (χ0n) is 26.5. The van der Waals surface area contributed by atoms with Crippen molar-refractivity contribution in [1.29, 1.82) is 0 Å². The second-order valence-corrected chi connectivity index (χ2v) is 9.70. The molecule has 1 N–H and O–H groups in total. The predicted octanol–water partition coefficient (Wildman–Crippen LogP) is 4.31. The van der Waals surface area contributed by atoms with Crippen LogP contribution in [0, 0.1) is 0 Å². The van der Waals surface area contributed by atoms with Crippen molar-refractivity contribution in [3.63, 3.8) is 0 Å². The van der Waals surface area contributed by atoms with Crippen LogP contribution in [0.15, 0.2) is 11.6 Å². The maximum Gasteiger partial charge on any atom is 0.330 e. The zero-order valence-corrected chi connectivity index (χ0v) is 26.5. The fraction of sp³-hybridized carbons (Fsp3) is 0.903. The molecule has 0 aliphatic carbocycles. The number of hydrogen-bond acceptors (Lipinski definition) is 10. The van der Waals surface area contributed by atoms with Crippen molar-refractivity contribution >= 4 is 5.97 Å². The highest BCUT2D eigenvalue weighted by atomic mass is 16.6. The Morgan fingerprint density at radius 1 is 0.452 bits per heavy atom. The molecular weight excluding hydrogens is 548 g/mol. The van der Waals surface area contributed by atoms with Crippen molar-refractivity contribution in [2.75, 3.05) is 119 Å². The van der Waals surface area contributed by atoms with E-state index in [0.717, 1.165) is 25.9 Å². The predicted molar refractivity (Wildman–Crippen MR) is 161 cm³/mol. The lowest BCUT2D eigenvalue weighted by molar-refractivity contribution is -0.132. The van der Waals surface area contributed by atoms with Gasteiger partial charge in [-0.25, -0.2) is 4.79 Å². The maximum absolute atomic E-state index is 10.7. The Labute approximate surface area is 254 Å². The minimum absolute atomic E-state index is 0.447. The number of ether oxygens (including phenoxy) is 9. The van der Waals surface area contributed by atoms with Crippen LogP contribution in [0.2, 0.25) is 0 Å². The van der Waals surface area contributed by atoms with Crippen LogP contribution in [0.25, 0.3) is 0 Å². The van der Waals surface area contributed by atoms with E-state index >= 15 is 0 Å². The summed E-state index contributed by atoms with van der Waals surface area (Å²) < 4.78 is 48.6. The molecule has 0 amide bonds. The number of methoxy groups -OCH3 is 1. The van der Waals surface area contributed by atoms with Crippen LogP contribution in [-0.2, 0) is 47.4 Å². The van der Waals surface area contributed by atoms with E-state index in [4.69, 9.17) is 47.7 Å². The molecule has 0 aromatic carbocycles. The third-order valence-corrected chi connectivity index (χ3v) is 6.07. The second kappa shape index (κ2) is 36.0. The molecule has 11 nitrogen and oxygen atoms in total. The summed E-state index contributed by atoms with van der Waals surface area (Å²) in [6.07, 6.45) is 12.2. The lowest BCUT2D eigenvalue weighted by atomic mass is 10.1. The van der Waals surface area contributed by atoms with Gasteiger partial charge in [-0.05, 0) is 26.2 Å². The molecule has 0 unspecified atom stereocenters. The van der Waals surface area contributed by atoms with Gasteiger partial charge in [-0.1, -0.05) is 44.6 Å². The number of rotatable bonds is 36. The largest absolute Gasteiger partial charge is 0.478 e. The van der Waals surface area contributed by atoms with Gasteiger partial charge in [-0.3, -0.25) is 0 Å². The molecule has 0 rings (SSSR count). The first-order chi connectivity index (χ1) is 20.7. The van der Waals surface area contributed by atoms with E-state index < -0.39 is 5.97 Å². The Morgan fingerprint density at radius 2 is 0.738 bits per heavy atom. The van der Waals surface area contributed by atoms with E-state index in [1.165, 1.54) is 38.5 Å². The van der Waals surface area contributed by atoms with Gasteiger partial charge in [-0.2, -0.15) is 0 Å². The Kier molecular flexibility index (Phi) is 35.1. The van der Waals surface area contributed by atoms with E-state index in [1.54, 1.807) is 14.0 Å². The molecule has 0 atom stereocenters. The number of unbranched alkanes of at least 4 members (excludes halogenated alkanes) is 8. The summed E-state index contributed by atoms with van der Waals surface area (Å²) >= 11 is 0. The first-order valence-electron chi connectivity index (χ1n) is 15.7. The number of carboxylic acids is 1. The van der Waals surface area contributed by atoms with E-state index in [0.29, 0.717) is 111 Å². The third kappa shape index (κ3) is 35.0. The van der Waals surface area contributed by atoms with Crippen LogP contribution < -0.4 is 0 Å². The molecule has 0 aromatic rings. The molecule has 0 bridgehead atoms. The lowest BCUT2D eigenvalue weighted by Crippen LogP contribution is -2.15. The maximum atomic E-state index is 10.7. The fourth-order valence-corrected chi connectivity index (χ4v) is 3.60. The summed E-state index contributed by atoms with van der Waals surface area (Å²) in [4.78, 5) is 10.7. The van der Waals surface area contributed by atoms with Crippen molar-refractivity contribution in [2.45, 2.75) is 64.7 Å². The average Bonchev–Trinajstić information content (AvgIpc) is 2.99. The summed E-state index contributed by atoms with van der Waals surface area (Å²) in [5.41, 5.74) is 0.447. The Bertz CT molecular complexity index is 575. The van der Waals surface area contributed by atoms with Gasteiger partial charge in [0, 0.05) is 19.3 Å². The first kappa shape index (κ1) is 40.9. The van der Waals surface area contributed by atoms with E-state index in [9.17, 15) is 4.79 Å². The number of allylic oxidation sites excluding steroid dienone is 1. The monoisotopic (exact) mass is 608 g/mol. The zero-order chi connectivity index (χ0) is 30.6. The molecule has 0 fully saturated rings. The average molecular weight is 609 g/mol. The van der Waals surface area contributed by atoms with Crippen LogP contribution >= 0.6 is 0 Å². The van der Waals surface area contributed by atoms with Gasteiger partial charge in [0.1, 0.15) is 0 Å². The SMILES string of the molecule is COCCOCCOCCOCCOCCOCCOCCOCCOCCCCCCCCCC/C=C(\C)C(=O)O. The summed E-state index contributed by atoms with van der Waals surface area (Å²) in [6, 6.07) is 0. The summed E-state index contributed by atoms with van der Waals surface area (Å²) in [7, 11) is 1.65. The minimum Gasteiger partial charge on any atom is -0.478 e. The molecule has 42 heavy (non-hydrogen) atoms. The molecule has 0 radical (unpaired) electrons. The Hall–Kier alpha value is -1.15. The van der Waals surface area contributed by atoms with Gasteiger partial charge < -0.3 is 47.7 Å². The topological polar surface area (TPSA) is 120 Å². The van der Waals surface area contributed by atoms with Gasteiger partial charge in [0.25, 0.3) is 0 Å². The van der Waals surface area contributed by atoms with Crippen LogP contribution in [0.4, 0.5) is 0 Å². The van der Waals surface area contributed by atoms with Gasteiger partial charge in [-0.15, -0.1) is 0 Å². The minimum atomic E-state index is -0.818. The lowest BCUT2D eigenvalue weighted by Gasteiger charge is -2.08. The van der Waals surface area contributed by atoms with Crippen LogP contribution in [0.5, 0.6) is 0 Å². The summed E-state index contributed by atoms with van der Waals surface area (Å²) in [5, 5.41) is 8.81. The highest BCUT2D eigenvalue weighted by Gasteiger charge is 1.99. The third-order valence-electron chi connectivity index (χ3n) is 6.07. The molecule has 0 aliphatic heterocycles. The smallest absolute Gasteiger partial charge is 0.330 e. The number of aliphatic carboxylic acids is 1. The van der Waals surface area contributed by atoms with Crippen LogP contribution in [-0.4, -0.2) is 131 Å². The quantitative estimate of drug-likeness (QED) is 0.0809. The van der Waals surface area contributed by atoms with Gasteiger partial charge in [0.2, 0.25) is 0 Å². The molecule has 250 valence electrons. The molecule has 0 spiro atoms. The fourth-order valence-electron chi connectivity index (χ4n) is 3.60. The highest BCUT2D eigenvalue weighted by Crippen LogP contribution is 2.10. The Morgan fingerprint density at radius 3 is 1.07 bits per heavy atom. The summed E-state index contributed by atoms with van der Waals surface area (Å²) in [6.45, 7) is 11.3. The molecule has 0 aliphatic rings. The van der Waals surface area contributed by atoms with Crippen molar-refractivity contribution in [3.05, 3.63) is 11.6 Å². The van der Waals surface area contributed by atoms with Crippen molar-refractivity contribution in [1.82, 2.24) is 0 Å². The van der Waals surface area contributed by atoms with Gasteiger partial charge >= 0.3 is 5.97 Å². The van der Waals surface area contributed by atoms with Crippen molar-refractivity contribution in [2.24, 2.45) is 0 Å². The number of carbonyl (C=O) groups is 1. The van der Waals surface area contributed by atoms with E-state index in [-0.39, 0.29) is 0 Å². The molecule has 0 saturated heterocycles. The van der Waals surface area contributed by atoms with Gasteiger partial charge in [0.05, 0.1) is 106 Å². The molecule has 11 heteroatoms. The van der Waals surface area contributed by atoms with Crippen LogP contribution in [0.1, 0.15) is 64.7 Å².